The van der Waals surface area contributed by atoms with Crippen molar-refractivity contribution >= 4 is 6.29 Å². The van der Waals surface area contributed by atoms with Crippen LogP contribution in [0.3, 0.4) is 0 Å². The molecule has 0 saturated carbocycles. The van der Waals surface area contributed by atoms with Crippen molar-refractivity contribution in [2.75, 3.05) is 0 Å². The summed E-state index contributed by atoms with van der Waals surface area (Å²) in [6.45, 7) is 0. The van der Waals surface area contributed by atoms with Gasteiger partial charge in [0.05, 0.1) is 5.69 Å². The van der Waals surface area contributed by atoms with Crippen LogP contribution in [0.15, 0.2) is 72.9 Å². The van der Waals surface area contributed by atoms with E-state index >= 15 is 0 Å². The van der Waals surface area contributed by atoms with Crippen molar-refractivity contribution < 1.29 is 4.79 Å². The van der Waals surface area contributed by atoms with E-state index in [9.17, 15) is 4.79 Å². The minimum Gasteiger partial charge on any atom is -0.298 e. The van der Waals surface area contributed by atoms with E-state index in [1.807, 2.05) is 54.6 Å². The van der Waals surface area contributed by atoms with Crippen LogP contribution >= 0.6 is 0 Å². The van der Waals surface area contributed by atoms with Crippen molar-refractivity contribution in [1.82, 2.24) is 4.98 Å². The molecule has 0 bridgehead atoms. The average Bonchev–Trinajstić information content (AvgIpc) is 2.56. The Morgan fingerprint density at radius 1 is 0.750 bits per heavy atom. The molecule has 0 amide bonds. The maximum Gasteiger partial charge on any atom is 0.150 e. The first kappa shape index (κ1) is 12.3. The van der Waals surface area contributed by atoms with Gasteiger partial charge in [0.1, 0.15) is 6.29 Å². The first-order chi connectivity index (χ1) is 9.86. The zero-order valence-electron chi connectivity index (χ0n) is 10.9. The molecule has 2 nitrogen and oxygen atoms in total. The molecule has 0 fully saturated rings. The Hall–Kier alpha value is -2.74. The Bertz CT molecular complexity index is 735. The second-order valence-corrected chi connectivity index (χ2v) is 4.54. The zero-order valence-corrected chi connectivity index (χ0v) is 10.9. The standard InChI is InChI=1S/C18H13NO/c20-13-14-5-3-6-15(11-14)16-7-4-8-17(12-16)18-9-1-2-10-19-18/h1-13H. The number of pyridine rings is 1. The molecule has 2 aromatic carbocycles. The third-order valence-corrected chi connectivity index (χ3v) is 3.18. The maximum atomic E-state index is 10.9. The van der Waals surface area contributed by atoms with Crippen molar-refractivity contribution in [2.45, 2.75) is 0 Å². The summed E-state index contributed by atoms with van der Waals surface area (Å²) in [6.07, 6.45) is 2.65. The summed E-state index contributed by atoms with van der Waals surface area (Å²) in [5.74, 6) is 0. The maximum absolute atomic E-state index is 10.9. The lowest BCUT2D eigenvalue weighted by atomic mass is 10.00. The van der Waals surface area contributed by atoms with Gasteiger partial charge in [-0.2, -0.15) is 0 Å². The van der Waals surface area contributed by atoms with Gasteiger partial charge in [-0.3, -0.25) is 9.78 Å². The van der Waals surface area contributed by atoms with Crippen LogP contribution in [-0.2, 0) is 0 Å². The molecule has 0 unspecified atom stereocenters. The lowest BCUT2D eigenvalue weighted by Crippen LogP contribution is -1.85. The molecule has 3 aromatic rings. The molecule has 0 aliphatic rings. The Morgan fingerprint density at radius 3 is 2.25 bits per heavy atom. The van der Waals surface area contributed by atoms with Gasteiger partial charge >= 0.3 is 0 Å². The number of carbonyl (C=O) groups is 1. The quantitative estimate of drug-likeness (QED) is 0.659. The molecular formula is C18H13NO. The Balaban J connectivity index is 2.05. The summed E-state index contributed by atoms with van der Waals surface area (Å²) in [7, 11) is 0. The van der Waals surface area contributed by atoms with Gasteiger partial charge in [0.15, 0.2) is 0 Å². The summed E-state index contributed by atoms with van der Waals surface area (Å²) in [5, 5.41) is 0. The summed E-state index contributed by atoms with van der Waals surface area (Å²) in [4.78, 5) is 15.2. The summed E-state index contributed by atoms with van der Waals surface area (Å²) in [6, 6.07) is 21.6. The minimum atomic E-state index is 0.686. The third-order valence-electron chi connectivity index (χ3n) is 3.18. The number of nitrogens with zero attached hydrogens (tertiary/aromatic N) is 1. The summed E-state index contributed by atoms with van der Waals surface area (Å²) >= 11 is 0. The minimum absolute atomic E-state index is 0.686. The van der Waals surface area contributed by atoms with Gasteiger partial charge < -0.3 is 0 Å². The normalized spacial score (nSPS) is 10.2. The molecule has 1 heterocycles. The molecule has 0 atom stereocenters. The number of carbonyl (C=O) groups excluding carboxylic acids is 1. The predicted octanol–water partition coefficient (Wildman–Crippen LogP) is 4.23. The molecule has 0 aliphatic carbocycles. The molecule has 0 spiro atoms. The fourth-order valence-corrected chi connectivity index (χ4v) is 2.18. The highest BCUT2D eigenvalue weighted by atomic mass is 16.1. The van der Waals surface area contributed by atoms with E-state index in [1.54, 1.807) is 12.3 Å². The monoisotopic (exact) mass is 259 g/mol. The van der Waals surface area contributed by atoms with Gasteiger partial charge in [-0.15, -0.1) is 0 Å². The smallest absolute Gasteiger partial charge is 0.150 e. The molecule has 0 aliphatic heterocycles. The number of benzene rings is 2. The molecule has 1 aromatic heterocycles. The molecule has 2 heteroatoms. The number of rotatable bonds is 3. The highest BCUT2D eigenvalue weighted by molar-refractivity contribution is 5.80. The van der Waals surface area contributed by atoms with Crippen molar-refractivity contribution in [2.24, 2.45) is 0 Å². The third kappa shape index (κ3) is 2.50. The summed E-state index contributed by atoms with van der Waals surface area (Å²) in [5.41, 5.74) is 4.82. The van der Waals surface area contributed by atoms with E-state index in [4.69, 9.17) is 0 Å². The van der Waals surface area contributed by atoms with E-state index < -0.39 is 0 Å². The highest BCUT2D eigenvalue weighted by Crippen LogP contribution is 2.25. The Morgan fingerprint density at radius 2 is 1.50 bits per heavy atom. The molecule has 20 heavy (non-hydrogen) atoms. The molecule has 0 saturated heterocycles. The Kier molecular flexibility index (Phi) is 3.38. The van der Waals surface area contributed by atoms with E-state index in [0.29, 0.717) is 5.56 Å². The summed E-state index contributed by atoms with van der Waals surface area (Å²) < 4.78 is 0. The second kappa shape index (κ2) is 5.49. The van der Waals surface area contributed by atoms with E-state index in [1.165, 1.54) is 0 Å². The second-order valence-electron chi connectivity index (χ2n) is 4.54. The SMILES string of the molecule is O=Cc1cccc(-c2cccc(-c3ccccn3)c2)c1. The Labute approximate surface area is 117 Å². The van der Waals surface area contributed by atoms with Crippen LogP contribution in [0.2, 0.25) is 0 Å². The molecule has 0 N–H and O–H groups in total. The van der Waals surface area contributed by atoms with E-state index in [-0.39, 0.29) is 0 Å². The fourth-order valence-electron chi connectivity index (χ4n) is 2.18. The van der Waals surface area contributed by atoms with Crippen LogP contribution in [0.5, 0.6) is 0 Å². The van der Waals surface area contributed by atoms with E-state index in [2.05, 4.69) is 11.1 Å². The molecule has 3 rings (SSSR count). The van der Waals surface area contributed by atoms with Crippen molar-refractivity contribution in [3.8, 4) is 22.4 Å². The first-order valence-electron chi connectivity index (χ1n) is 6.44. The zero-order chi connectivity index (χ0) is 13.8. The number of hydrogen-bond acceptors (Lipinski definition) is 2. The van der Waals surface area contributed by atoms with Gasteiger partial charge in [-0.05, 0) is 35.4 Å². The van der Waals surface area contributed by atoms with Gasteiger partial charge in [-0.25, -0.2) is 0 Å². The largest absolute Gasteiger partial charge is 0.298 e. The number of hydrogen-bond donors (Lipinski definition) is 0. The lowest BCUT2D eigenvalue weighted by Gasteiger charge is -2.06. The van der Waals surface area contributed by atoms with Crippen molar-refractivity contribution in [1.29, 1.82) is 0 Å². The lowest BCUT2D eigenvalue weighted by molar-refractivity contribution is 0.112. The van der Waals surface area contributed by atoms with Crippen LogP contribution in [-0.4, -0.2) is 11.3 Å². The highest BCUT2D eigenvalue weighted by Gasteiger charge is 2.02. The van der Waals surface area contributed by atoms with Gasteiger partial charge in [0.2, 0.25) is 0 Å². The van der Waals surface area contributed by atoms with Crippen LogP contribution in [0.1, 0.15) is 10.4 Å². The first-order valence-corrected chi connectivity index (χ1v) is 6.44. The van der Waals surface area contributed by atoms with Gasteiger partial charge in [0, 0.05) is 17.3 Å². The van der Waals surface area contributed by atoms with Crippen molar-refractivity contribution in [3.63, 3.8) is 0 Å². The average molecular weight is 259 g/mol. The number of aromatic nitrogens is 1. The van der Waals surface area contributed by atoms with Crippen LogP contribution < -0.4 is 0 Å². The molecular weight excluding hydrogens is 246 g/mol. The molecule has 0 radical (unpaired) electrons. The van der Waals surface area contributed by atoms with Crippen molar-refractivity contribution in [3.05, 3.63) is 78.5 Å². The van der Waals surface area contributed by atoms with Crippen LogP contribution in [0.25, 0.3) is 22.4 Å². The molecule has 96 valence electrons. The van der Waals surface area contributed by atoms with Gasteiger partial charge in [0.25, 0.3) is 0 Å². The number of aldehydes is 1. The van der Waals surface area contributed by atoms with Gasteiger partial charge in [-0.1, -0.05) is 42.5 Å². The predicted molar refractivity (Wildman–Crippen MR) is 80.5 cm³/mol. The van der Waals surface area contributed by atoms with Crippen LogP contribution in [0, 0.1) is 0 Å². The van der Waals surface area contributed by atoms with E-state index in [0.717, 1.165) is 28.7 Å². The topological polar surface area (TPSA) is 30.0 Å². The fraction of sp³-hybridized carbons (Fsp3) is 0. The van der Waals surface area contributed by atoms with Crippen LogP contribution in [0.4, 0.5) is 0 Å².